The molecule has 5 nitrogen and oxygen atoms in total. The van der Waals surface area contributed by atoms with E-state index >= 15 is 0 Å². The van der Waals surface area contributed by atoms with Crippen molar-refractivity contribution < 1.29 is 4.39 Å². The number of halogens is 1. The first-order valence-electron chi connectivity index (χ1n) is 7.71. The number of fused-ring (bicyclic) bond motifs is 1. The summed E-state index contributed by atoms with van der Waals surface area (Å²) >= 11 is 0. The molecule has 0 amide bonds. The molecule has 1 aromatic carbocycles. The summed E-state index contributed by atoms with van der Waals surface area (Å²) in [6.45, 7) is 2.01. The maximum absolute atomic E-state index is 14.0. The average molecular weight is 321 g/mol. The van der Waals surface area contributed by atoms with E-state index in [4.69, 9.17) is 0 Å². The number of hydrogen-bond acceptors (Lipinski definition) is 3. The second kappa shape index (κ2) is 5.81. The molecule has 0 saturated carbocycles. The van der Waals surface area contributed by atoms with Crippen LogP contribution in [0.4, 0.5) is 10.2 Å². The van der Waals surface area contributed by atoms with E-state index in [1.807, 2.05) is 37.4 Å². The molecule has 0 aliphatic heterocycles. The lowest BCUT2D eigenvalue weighted by atomic mass is 10.0. The summed E-state index contributed by atoms with van der Waals surface area (Å²) in [5.74, 6) is 0.106. The summed E-state index contributed by atoms with van der Waals surface area (Å²) < 4.78 is 14.0. The van der Waals surface area contributed by atoms with Crippen molar-refractivity contribution in [1.29, 1.82) is 0 Å². The fraction of sp³-hybridized carbons (Fsp3) is 0.111. The topological polar surface area (TPSA) is 69.4 Å². The number of rotatable bonds is 4. The first-order valence-corrected chi connectivity index (χ1v) is 7.71. The number of benzene rings is 1. The van der Waals surface area contributed by atoms with Gasteiger partial charge in [-0.25, -0.2) is 14.4 Å². The van der Waals surface area contributed by atoms with E-state index in [0.717, 1.165) is 16.8 Å². The molecule has 0 spiro atoms. The normalized spacial score (nSPS) is 12.4. The van der Waals surface area contributed by atoms with Crippen LogP contribution in [0.1, 0.15) is 18.7 Å². The van der Waals surface area contributed by atoms with Crippen molar-refractivity contribution in [1.82, 2.24) is 19.9 Å². The third-order valence-electron chi connectivity index (χ3n) is 4.07. The Hall–Kier alpha value is -3.15. The quantitative estimate of drug-likeness (QED) is 0.526. The van der Waals surface area contributed by atoms with E-state index < -0.39 is 0 Å². The highest BCUT2D eigenvalue weighted by Gasteiger charge is 2.17. The van der Waals surface area contributed by atoms with Gasteiger partial charge in [0.1, 0.15) is 17.8 Å². The number of aromatic amines is 2. The second-order valence-corrected chi connectivity index (χ2v) is 5.62. The highest BCUT2D eigenvalue weighted by Crippen LogP contribution is 2.30. The van der Waals surface area contributed by atoms with Crippen LogP contribution in [-0.2, 0) is 0 Å². The lowest BCUT2D eigenvalue weighted by molar-refractivity contribution is 0.639. The van der Waals surface area contributed by atoms with Gasteiger partial charge in [-0.1, -0.05) is 30.3 Å². The Morgan fingerprint density at radius 3 is 2.75 bits per heavy atom. The number of nitrogens with zero attached hydrogens (tertiary/aromatic N) is 2. The molecule has 0 bridgehead atoms. The molecule has 0 unspecified atom stereocenters. The Morgan fingerprint density at radius 1 is 1.08 bits per heavy atom. The van der Waals surface area contributed by atoms with Gasteiger partial charge in [0.15, 0.2) is 5.82 Å². The number of hydrogen-bond donors (Lipinski definition) is 3. The van der Waals surface area contributed by atoms with Gasteiger partial charge in [0.05, 0.1) is 11.4 Å². The molecular formula is C18H16FN5. The van der Waals surface area contributed by atoms with Crippen LogP contribution in [0.15, 0.2) is 55.1 Å². The molecule has 4 rings (SSSR count). The molecule has 3 aromatic heterocycles. The van der Waals surface area contributed by atoms with E-state index in [-0.39, 0.29) is 11.9 Å². The Kier molecular flexibility index (Phi) is 3.49. The third kappa shape index (κ3) is 2.42. The molecular weight excluding hydrogens is 305 g/mol. The summed E-state index contributed by atoms with van der Waals surface area (Å²) in [5.41, 5.74) is 3.73. The fourth-order valence-electron chi connectivity index (χ4n) is 2.92. The minimum absolute atomic E-state index is 0.0809. The summed E-state index contributed by atoms with van der Waals surface area (Å²) in [7, 11) is 0. The molecule has 0 radical (unpaired) electrons. The zero-order valence-corrected chi connectivity index (χ0v) is 13.0. The Morgan fingerprint density at radius 2 is 1.92 bits per heavy atom. The fourth-order valence-corrected chi connectivity index (χ4v) is 2.92. The van der Waals surface area contributed by atoms with Crippen LogP contribution in [0.3, 0.4) is 0 Å². The molecule has 0 aliphatic carbocycles. The van der Waals surface area contributed by atoms with E-state index in [2.05, 4.69) is 37.4 Å². The van der Waals surface area contributed by atoms with Gasteiger partial charge < -0.3 is 15.3 Å². The third-order valence-corrected chi connectivity index (χ3v) is 4.07. The number of nitrogens with one attached hydrogen (secondary N) is 3. The van der Waals surface area contributed by atoms with Gasteiger partial charge in [0.2, 0.25) is 0 Å². The Balaban J connectivity index is 1.69. The molecule has 0 fully saturated rings. The number of H-pyrrole nitrogens is 2. The van der Waals surface area contributed by atoms with Gasteiger partial charge in [-0.2, -0.15) is 0 Å². The van der Waals surface area contributed by atoms with E-state index in [0.29, 0.717) is 16.9 Å². The minimum atomic E-state index is -0.366. The molecule has 0 saturated heterocycles. The summed E-state index contributed by atoms with van der Waals surface area (Å²) in [5, 5.41) is 3.65. The van der Waals surface area contributed by atoms with Crippen molar-refractivity contribution in [3.63, 3.8) is 0 Å². The van der Waals surface area contributed by atoms with Gasteiger partial charge in [-0.05, 0) is 18.6 Å². The Bertz CT molecular complexity index is 973. The van der Waals surface area contributed by atoms with Crippen LogP contribution in [-0.4, -0.2) is 19.9 Å². The largest absolute Gasteiger partial charge is 0.363 e. The maximum Gasteiger partial charge on any atom is 0.153 e. The highest BCUT2D eigenvalue weighted by molar-refractivity contribution is 5.87. The molecule has 120 valence electrons. The first kappa shape index (κ1) is 14.4. The minimum Gasteiger partial charge on any atom is -0.363 e. The average Bonchev–Trinajstić information content (AvgIpc) is 3.24. The molecule has 24 heavy (non-hydrogen) atoms. The van der Waals surface area contributed by atoms with Crippen LogP contribution in [0.2, 0.25) is 0 Å². The molecule has 3 heterocycles. The lowest BCUT2D eigenvalue weighted by Crippen LogP contribution is -2.10. The molecule has 0 aliphatic rings. The van der Waals surface area contributed by atoms with E-state index in [1.165, 1.54) is 12.5 Å². The van der Waals surface area contributed by atoms with Crippen LogP contribution < -0.4 is 5.32 Å². The Labute approximate surface area is 138 Å². The van der Waals surface area contributed by atoms with Gasteiger partial charge in [0.25, 0.3) is 0 Å². The maximum atomic E-state index is 14.0. The van der Waals surface area contributed by atoms with Crippen molar-refractivity contribution in [2.24, 2.45) is 0 Å². The second-order valence-electron chi connectivity index (χ2n) is 5.62. The SMILES string of the molecule is C[C@H](Nc1ncnc2[nH]cc(F)c12)c1[nH]ccc1-c1ccccc1. The van der Waals surface area contributed by atoms with Crippen LogP contribution in [0.5, 0.6) is 0 Å². The lowest BCUT2D eigenvalue weighted by Gasteiger charge is -2.16. The smallest absolute Gasteiger partial charge is 0.153 e. The number of aromatic nitrogens is 4. The molecule has 3 N–H and O–H groups in total. The predicted octanol–water partition coefficient (Wildman–Crippen LogP) is 4.27. The van der Waals surface area contributed by atoms with Crippen molar-refractivity contribution in [2.75, 3.05) is 5.32 Å². The van der Waals surface area contributed by atoms with Crippen LogP contribution in [0.25, 0.3) is 22.2 Å². The highest BCUT2D eigenvalue weighted by atomic mass is 19.1. The zero-order chi connectivity index (χ0) is 16.5. The van der Waals surface area contributed by atoms with Crippen molar-refractivity contribution >= 4 is 16.9 Å². The van der Waals surface area contributed by atoms with Gasteiger partial charge >= 0.3 is 0 Å². The standard InChI is InChI=1S/C18H16FN5/c1-11(16-13(7-8-20-16)12-5-3-2-4-6-12)24-18-15-14(19)9-21-17(15)22-10-23-18/h2-11,20H,1H3,(H2,21,22,23,24)/t11-/m0/s1. The van der Waals surface area contributed by atoms with E-state index in [9.17, 15) is 4.39 Å². The summed E-state index contributed by atoms with van der Waals surface area (Å²) in [6.07, 6.45) is 4.61. The summed E-state index contributed by atoms with van der Waals surface area (Å²) in [6, 6.07) is 12.1. The van der Waals surface area contributed by atoms with Crippen molar-refractivity contribution in [3.8, 4) is 11.1 Å². The van der Waals surface area contributed by atoms with Crippen molar-refractivity contribution in [2.45, 2.75) is 13.0 Å². The summed E-state index contributed by atoms with van der Waals surface area (Å²) in [4.78, 5) is 14.3. The van der Waals surface area contributed by atoms with Gasteiger partial charge in [-0.3, -0.25) is 0 Å². The zero-order valence-electron chi connectivity index (χ0n) is 13.0. The molecule has 4 aromatic rings. The van der Waals surface area contributed by atoms with Gasteiger partial charge in [0, 0.05) is 23.7 Å². The first-order chi connectivity index (χ1) is 11.7. The van der Waals surface area contributed by atoms with E-state index in [1.54, 1.807) is 0 Å². The number of anilines is 1. The van der Waals surface area contributed by atoms with Crippen LogP contribution in [0, 0.1) is 5.82 Å². The monoisotopic (exact) mass is 321 g/mol. The molecule has 6 heteroatoms. The van der Waals surface area contributed by atoms with Gasteiger partial charge in [-0.15, -0.1) is 0 Å². The predicted molar refractivity (Wildman–Crippen MR) is 92.1 cm³/mol. The van der Waals surface area contributed by atoms with Crippen molar-refractivity contribution in [3.05, 3.63) is 66.6 Å². The van der Waals surface area contributed by atoms with Crippen LogP contribution >= 0.6 is 0 Å². The molecule has 1 atom stereocenters.